The predicted molar refractivity (Wildman–Crippen MR) is 79.7 cm³/mol. The highest BCUT2D eigenvalue weighted by atomic mass is 14.9. The van der Waals surface area contributed by atoms with Gasteiger partial charge in [0.25, 0.3) is 0 Å². The Morgan fingerprint density at radius 2 is 2.11 bits per heavy atom. The van der Waals surface area contributed by atoms with Crippen LogP contribution in [0.3, 0.4) is 0 Å². The van der Waals surface area contributed by atoms with E-state index in [9.17, 15) is 0 Å². The van der Waals surface area contributed by atoms with E-state index in [2.05, 4.69) is 24.9 Å². The third-order valence-corrected chi connectivity index (χ3v) is 5.20. The van der Waals surface area contributed by atoms with E-state index in [4.69, 9.17) is 0 Å². The number of nitrogens with one attached hydrogen (secondary N) is 1. The number of rotatable bonds is 9. The predicted octanol–water partition coefficient (Wildman–Crippen LogP) is 4.54. The lowest BCUT2D eigenvalue weighted by Crippen LogP contribution is -2.38. The first-order valence-electron chi connectivity index (χ1n) is 8.19. The number of hydrogen-bond donors (Lipinski definition) is 1. The lowest BCUT2D eigenvalue weighted by Gasteiger charge is -2.31. The maximum atomic E-state index is 3.80. The fraction of sp³-hybridized carbons (Fsp3) is 0.882. The number of hydrogen-bond acceptors (Lipinski definition) is 1. The zero-order chi connectivity index (χ0) is 12.8. The minimum Gasteiger partial charge on any atom is -0.314 e. The number of allylic oxidation sites excluding steroid dienone is 1. The fourth-order valence-electron chi connectivity index (χ4n) is 4.35. The summed E-state index contributed by atoms with van der Waals surface area (Å²) in [4.78, 5) is 0. The Hall–Kier alpha value is -0.300. The van der Waals surface area contributed by atoms with E-state index in [0.29, 0.717) is 0 Å². The van der Waals surface area contributed by atoms with E-state index in [1.165, 1.54) is 51.4 Å². The van der Waals surface area contributed by atoms with Gasteiger partial charge in [-0.15, -0.1) is 6.58 Å². The quantitative estimate of drug-likeness (QED) is 0.467. The van der Waals surface area contributed by atoms with Crippen LogP contribution in [-0.4, -0.2) is 12.6 Å². The third kappa shape index (κ3) is 3.60. The van der Waals surface area contributed by atoms with Gasteiger partial charge in [-0.25, -0.2) is 0 Å². The molecule has 2 saturated carbocycles. The molecule has 2 fully saturated rings. The molecule has 104 valence electrons. The Balaban J connectivity index is 1.72. The molecule has 2 rings (SSSR count). The summed E-state index contributed by atoms with van der Waals surface area (Å²) < 4.78 is 0. The van der Waals surface area contributed by atoms with Crippen LogP contribution < -0.4 is 5.32 Å². The minimum absolute atomic E-state index is 0.814. The Bertz CT molecular complexity index is 248. The highest BCUT2D eigenvalue weighted by Crippen LogP contribution is 2.50. The summed E-state index contributed by atoms with van der Waals surface area (Å²) in [6.07, 6.45) is 14.9. The van der Waals surface area contributed by atoms with Crippen molar-refractivity contribution in [3.63, 3.8) is 0 Å². The topological polar surface area (TPSA) is 12.0 Å². The third-order valence-electron chi connectivity index (χ3n) is 5.20. The lowest BCUT2D eigenvalue weighted by molar-refractivity contribution is 0.237. The summed E-state index contributed by atoms with van der Waals surface area (Å²) in [6, 6.07) is 0.814. The van der Waals surface area contributed by atoms with E-state index in [-0.39, 0.29) is 0 Å². The molecule has 2 aliphatic rings. The Morgan fingerprint density at radius 3 is 2.72 bits per heavy atom. The molecule has 0 heterocycles. The van der Waals surface area contributed by atoms with E-state index in [1.807, 2.05) is 0 Å². The normalized spacial score (nSPS) is 31.7. The van der Waals surface area contributed by atoms with Crippen molar-refractivity contribution in [2.75, 3.05) is 6.54 Å². The summed E-state index contributed by atoms with van der Waals surface area (Å²) >= 11 is 0. The van der Waals surface area contributed by atoms with Gasteiger partial charge in [0.1, 0.15) is 0 Å². The average Bonchev–Trinajstić information content (AvgIpc) is 2.99. The standard InChI is InChI=1S/C17H31N/c1-3-5-6-7-8-9-17(18-4-2)16-13-14-10-11-15(16)12-14/h3,14-18H,1,4-13H2,2H3. The van der Waals surface area contributed by atoms with E-state index in [1.54, 1.807) is 6.42 Å². The van der Waals surface area contributed by atoms with Crippen molar-refractivity contribution in [2.45, 2.75) is 70.8 Å². The second-order valence-electron chi connectivity index (χ2n) is 6.43. The molecule has 2 bridgehead atoms. The van der Waals surface area contributed by atoms with Crippen molar-refractivity contribution in [3.8, 4) is 0 Å². The Labute approximate surface area is 113 Å². The van der Waals surface area contributed by atoms with Gasteiger partial charge < -0.3 is 5.32 Å². The van der Waals surface area contributed by atoms with Crippen LogP contribution in [0.15, 0.2) is 12.7 Å². The molecule has 0 spiro atoms. The summed E-state index contributed by atoms with van der Waals surface area (Å²) in [5.74, 6) is 3.15. The maximum Gasteiger partial charge on any atom is 0.00979 e. The van der Waals surface area contributed by atoms with Gasteiger partial charge in [0.05, 0.1) is 0 Å². The zero-order valence-electron chi connectivity index (χ0n) is 12.2. The van der Waals surface area contributed by atoms with Gasteiger partial charge in [0, 0.05) is 6.04 Å². The molecule has 4 unspecified atom stereocenters. The molecule has 0 radical (unpaired) electrons. The molecule has 1 N–H and O–H groups in total. The molecule has 0 aromatic heterocycles. The fourth-order valence-corrected chi connectivity index (χ4v) is 4.35. The highest BCUT2D eigenvalue weighted by Gasteiger charge is 2.42. The van der Waals surface area contributed by atoms with Gasteiger partial charge in [-0.2, -0.15) is 0 Å². The lowest BCUT2D eigenvalue weighted by atomic mass is 9.81. The van der Waals surface area contributed by atoms with Crippen LogP contribution in [0.2, 0.25) is 0 Å². The first-order chi connectivity index (χ1) is 8.85. The molecule has 18 heavy (non-hydrogen) atoms. The van der Waals surface area contributed by atoms with Crippen molar-refractivity contribution in [1.82, 2.24) is 5.32 Å². The molecule has 4 atom stereocenters. The molecule has 0 aromatic carbocycles. The molecule has 0 saturated heterocycles. The molecular formula is C17H31N. The molecule has 2 aliphatic carbocycles. The summed E-state index contributed by atoms with van der Waals surface area (Å²) in [7, 11) is 0. The van der Waals surface area contributed by atoms with Crippen molar-refractivity contribution in [2.24, 2.45) is 17.8 Å². The van der Waals surface area contributed by atoms with Crippen LogP contribution in [0.25, 0.3) is 0 Å². The Kier molecular flexibility index (Phi) is 5.75. The summed E-state index contributed by atoms with van der Waals surface area (Å²) in [5.41, 5.74) is 0. The van der Waals surface area contributed by atoms with Crippen molar-refractivity contribution in [3.05, 3.63) is 12.7 Å². The minimum atomic E-state index is 0.814. The van der Waals surface area contributed by atoms with E-state index >= 15 is 0 Å². The SMILES string of the molecule is C=CCCCCCC(NCC)C1CC2CCC1C2. The second-order valence-corrected chi connectivity index (χ2v) is 6.43. The molecule has 1 nitrogen and oxygen atoms in total. The van der Waals surface area contributed by atoms with Crippen LogP contribution in [0, 0.1) is 17.8 Å². The molecule has 0 amide bonds. The van der Waals surface area contributed by atoms with Crippen molar-refractivity contribution < 1.29 is 0 Å². The van der Waals surface area contributed by atoms with Gasteiger partial charge in [-0.05, 0) is 62.8 Å². The van der Waals surface area contributed by atoms with Crippen LogP contribution >= 0.6 is 0 Å². The van der Waals surface area contributed by atoms with Gasteiger partial charge in [0.2, 0.25) is 0 Å². The summed E-state index contributed by atoms with van der Waals surface area (Å²) in [5, 5.41) is 3.78. The zero-order valence-corrected chi connectivity index (χ0v) is 12.2. The van der Waals surface area contributed by atoms with E-state index < -0.39 is 0 Å². The highest BCUT2D eigenvalue weighted by molar-refractivity contribution is 4.95. The first-order valence-corrected chi connectivity index (χ1v) is 8.19. The van der Waals surface area contributed by atoms with Crippen molar-refractivity contribution >= 4 is 0 Å². The van der Waals surface area contributed by atoms with Gasteiger partial charge >= 0.3 is 0 Å². The van der Waals surface area contributed by atoms with Crippen LogP contribution in [-0.2, 0) is 0 Å². The van der Waals surface area contributed by atoms with Gasteiger partial charge in [-0.3, -0.25) is 0 Å². The molecular weight excluding hydrogens is 218 g/mol. The van der Waals surface area contributed by atoms with Crippen LogP contribution in [0.5, 0.6) is 0 Å². The molecule has 0 aliphatic heterocycles. The van der Waals surface area contributed by atoms with Crippen molar-refractivity contribution in [1.29, 1.82) is 0 Å². The van der Waals surface area contributed by atoms with E-state index in [0.717, 1.165) is 30.3 Å². The number of fused-ring (bicyclic) bond motifs is 2. The second kappa shape index (κ2) is 7.33. The van der Waals surface area contributed by atoms with Gasteiger partial charge in [-0.1, -0.05) is 32.3 Å². The maximum absolute atomic E-state index is 3.80. The summed E-state index contributed by atoms with van der Waals surface area (Å²) in [6.45, 7) is 7.21. The first kappa shape index (κ1) is 14.1. The number of unbranched alkanes of at least 4 members (excludes halogenated alkanes) is 3. The molecule has 1 heteroatoms. The largest absolute Gasteiger partial charge is 0.314 e. The smallest absolute Gasteiger partial charge is 0.00979 e. The average molecular weight is 249 g/mol. The Morgan fingerprint density at radius 1 is 1.22 bits per heavy atom. The van der Waals surface area contributed by atoms with Crippen LogP contribution in [0.4, 0.5) is 0 Å². The monoisotopic (exact) mass is 249 g/mol. The van der Waals surface area contributed by atoms with Gasteiger partial charge in [0.15, 0.2) is 0 Å². The van der Waals surface area contributed by atoms with Crippen LogP contribution in [0.1, 0.15) is 64.7 Å². The molecule has 0 aromatic rings.